The van der Waals surface area contributed by atoms with Crippen LogP contribution in [0.1, 0.15) is 36.0 Å². The number of amides is 1. The summed E-state index contributed by atoms with van der Waals surface area (Å²) in [4.78, 5) is 14.3. The summed E-state index contributed by atoms with van der Waals surface area (Å²) in [5, 5.41) is 9.44. The first-order valence-electron chi connectivity index (χ1n) is 6.52. The smallest absolute Gasteiger partial charge is 0.254 e. The fourth-order valence-corrected chi connectivity index (χ4v) is 2.61. The topological polar surface area (TPSA) is 66.6 Å². The largest absolute Gasteiger partial charge is 0.508 e. The Balaban J connectivity index is 2.17. The van der Waals surface area contributed by atoms with E-state index in [2.05, 4.69) is 0 Å². The summed E-state index contributed by atoms with van der Waals surface area (Å²) < 4.78 is 0. The van der Waals surface area contributed by atoms with Crippen LogP contribution in [-0.4, -0.2) is 35.0 Å². The highest BCUT2D eigenvalue weighted by Crippen LogP contribution is 2.25. The van der Waals surface area contributed by atoms with Crippen molar-refractivity contribution >= 4 is 5.91 Å². The molecule has 98 valence electrons. The van der Waals surface area contributed by atoms with Gasteiger partial charge in [-0.15, -0.1) is 0 Å². The fraction of sp³-hybridized carbons (Fsp3) is 0.500. The van der Waals surface area contributed by atoms with Crippen molar-refractivity contribution in [2.24, 2.45) is 5.73 Å². The van der Waals surface area contributed by atoms with E-state index in [9.17, 15) is 9.90 Å². The van der Waals surface area contributed by atoms with Gasteiger partial charge in [-0.25, -0.2) is 0 Å². The maximum Gasteiger partial charge on any atom is 0.254 e. The van der Waals surface area contributed by atoms with Gasteiger partial charge in [0.25, 0.3) is 5.91 Å². The van der Waals surface area contributed by atoms with Crippen molar-refractivity contribution < 1.29 is 9.90 Å². The number of aromatic hydroxyl groups is 1. The Morgan fingerprint density at radius 1 is 1.39 bits per heavy atom. The van der Waals surface area contributed by atoms with Crippen molar-refractivity contribution in [2.45, 2.75) is 31.7 Å². The van der Waals surface area contributed by atoms with Crippen molar-refractivity contribution in [3.63, 3.8) is 0 Å². The number of hydrogen-bond acceptors (Lipinski definition) is 3. The van der Waals surface area contributed by atoms with Crippen molar-refractivity contribution in [3.8, 4) is 5.75 Å². The molecule has 1 aromatic rings. The van der Waals surface area contributed by atoms with Gasteiger partial charge in [-0.2, -0.15) is 0 Å². The lowest BCUT2D eigenvalue weighted by Crippen LogP contribution is -2.41. The van der Waals surface area contributed by atoms with Gasteiger partial charge >= 0.3 is 0 Å². The first-order chi connectivity index (χ1) is 8.72. The molecule has 0 heterocycles. The predicted octanol–water partition coefficient (Wildman–Crippen LogP) is 1.74. The van der Waals surface area contributed by atoms with Crippen LogP contribution in [0.3, 0.4) is 0 Å². The molecule has 3 N–H and O–H groups in total. The van der Waals surface area contributed by atoms with Gasteiger partial charge in [-0.05, 0) is 31.0 Å². The molecule has 0 atom stereocenters. The molecular formula is C14H20N2O2. The predicted molar refractivity (Wildman–Crippen MR) is 70.5 cm³/mol. The second-order valence-corrected chi connectivity index (χ2v) is 4.78. The van der Waals surface area contributed by atoms with Crippen LogP contribution in [0.5, 0.6) is 5.75 Å². The standard InChI is InChI=1S/C14H20N2O2/c15-8-9-16(12-5-1-2-6-12)14(18)11-4-3-7-13(17)10-11/h3-4,7,10,12,17H,1-2,5-6,8-9,15H2. The molecule has 1 saturated carbocycles. The highest BCUT2D eigenvalue weighted by atomic mass is 16.3. The zero-order chi connectivity index (χ0) is 13.0. The van der Waals surface area contributed by atoms with Crippen molar-refractivity contribution in [1.82, 2.24) is 4.90 Å². The maximum atomic E-state index is 12.4. The minimum absolute atomic E-state index is 0.0248. The van der Waals surface area contributed by atoms with E-state index in [1.807, 2.05) is 4.90 Å². The van der Waals surface area contributed by atoms with Gasteiger partial charge in [0.1, 0.15) is 5.75 Å². The number of rotatable bonds is 4. The van der Waals surface area contributed by atoms with Gasteiger partial charge in [0.2, 0.25) is 0 Å². The number of phenols is 1. The Labute approximate surface area is 107 Å². The molecule has 4 heteroatoms. The molecule has 4 nitrogen and oxygen atoms in total. The molecule has 2 rings (SSSR count). The summed E-state index contributed by atoms with van der Waals surface area (Å²) in [6.45, 7) is 1.06. The zero-order valence-electron chi connectivity index (χ0n) is 10.5. The number of carbonyl (C=O) groups is 1. The second-order valence-electron chi connectivity index (χ2n) is 4.78. The highest BCUT2D eigenvalue weighted by molar-refractivity contribution is 5.94. The Morgan fingerprint density at radius 3 is 2.72 bits per heavy atom. The Kier molecular flexibility index (Phi) is 4.20. The first kappa shape index (κ1) is 12.9. The first-order valence-corrected chi connectivity index (χ1v) is 6.52. The lowest BCUT2D eigenvalue weighted by atomic mass is 10.1. The van der Waals surface area contributed by atoms with Crippen molar-refractivity contribution in [2.75, 3.05) is 13.1 Å². The number of nitrogens with two attached hydrogens (primary N) is 1. The molecule has 0 aliphatic heterocycles. The van der Waals surface area contributed by atoms with E-state index < -0.39 is 0 Å². The number of benzene rings is 1. The third-order valence-corrected chi connectivity index (χ3v) is 3.49. The fourth-order valence-electron chi connectivity index (χ4n) is 2.61. The number of phenolic OH excluding ortho intramolecular Hbond substituents is 1. The summed E-state index contributed by atoms with van der Waals surface area (Å²) in [7, 11) is 0. The van der Waals surface area contributed by atoms with Gasteiger partial charge in [-0.3, -0.25) is 4.79 Å². The van der Waals surface area contributed by atoms with Crippen LogP contribution in [0.25, 0.3) is 0 Å². The van der Waals surface area contributed by atoms with Crippen LogP contribution in [0, 0.1) is 0 Å². The minimum atomic E-state index is -0.0248. The van der Waals surface area contributed by atoms with Crippen LogP contribution in [-0.2, 0) is 0 Å². The number of nitrogens with zero attached hydrogens (tertiary/aromatic N) is 1. The lowest BCUT2D eigenvalue weighted by molar-refractivity contribution is 0.0687. The van der Waals surface area contributed by atoms with E-state index >= 15 is 0 Å². The van der Waals surface area contributed by atoms with E-state index in [1.54, 1.807) is 18.2 Å². The number of hydrogen-bond donors (Lipinski definition) is 2. The van der Waals surface area contributed by atoms with Crippen LogP contribution in [0.4, 0.5) is 0 Å². The Hall–Kier alpha value is -1.55. The van der Waals surface area contributed by atoms with Crippen LogP contribution >= 0.6 is 0 Å². The van der Waals surface area contributed by atoms with E-state index in [4.69, 9.17) is 5.73 Å². The van der Waals surface area contributed by atoms with Gasteiger partial charge in [-0.1, -0.05) is 18.9 Å². The number of carbonyl (C=O) groups excluding carboxylic acids is 1. The lowest BCUT2D eigenvalue weighted by Gasteiger charge is -2.28. The molecule has 18 heavy (non-hydrogen) atoms. The molecule has 1 fully saturated rings. The summed E-state index contributed by atoms with van der Waals surface area (Å²) in [6.07, 6.45) is 4.48. The normalized spacial score (nSPS) is 15.8. The summed E-state index contributed by atoms with van der Waals surface area (Å²) in [5.41, 5.74) is 6.14. The second kappa shape index (κ2) is 5.87. The van der Waals surface area contributed by atoms with Gasteiger partial charge in [0.15, 0.2) is 0 Å². The minimum Gasteiger partial charge on any atom is -0.508 e. The zero-order valence-corrected chi connectivity index (χ0v) is 10.5. The average Bonchev–Trinajstić information content (AvgIpc) is 2.89. The molecule has 0 radical (unpaired) electrons. The molecule has 0 aromatic heterocycles. The summed E-state index contributed by atoms with van der Waals surface area (Å²) >= 11 is 0. The van der Waals surface area contributed by atoms with E-state index in [0.717, 1.165) is 12.8 Å². The van der Waals surface area contributed by atoms with Crippen LogP contribution < -0.4 is 5.73 Å². The molecule has 1 aromatic carbocycles. The molecule has 1 aliphatic carbocycles. The van der Waals surface area contributed by atoms with E-state index in [0.29, 0.717) is 24.7 Å². The van der Waals surface area contributed by atoms with E-state index in [1.165, 1.54) is 18.9 Å². The third kappa shape index (κ3) is 2.82. The van der Waals surface area contributed by atoms with E-state index in [-0.39, 0.29) is 11.7 Å². The van der Waals surface area contributed by atoms with Crippen LogP contribution in [0.15, 0.2) is 24.3 Å². The monoisotopic (exact) mass is 248 g/mol. The molecule has 0 spiro atoms. The maximum absolute atomic E-state index is 12.4. The SMILES string of the molecule is NCCN(C(=O)c1cccc(O)c1)C1CCCC1. The summed E-state index contributed by atoms with van der Waals surface area (Å²) in [6, 6.07) is 6.82. The van der Waals surface area contributed by atoms with Gasteiger partial charge in [0.05, 0.1) is 0 Å². The average molecular weight is 248 g/mol. The molecule has 0 saturated heterocycles. The highest BCUT2D eigenvalue weighted by Gasteiger charge is 2.26. The molecule has 1 amide bonds. The quantitative estimate of drug-likeness (QED) is 0.853. The third-order valence-electron chi connectivity index (χ3n) is 3.49. The molecule has 0 bridgehead atoms. The Morgan fingerprint density at radius 2 is 2.11 bits per heavy atom. The molecule has 1 aliphatic rings. The van der Waals surface area contributed by atoms with Gasteiger partial charge < -0.3 is 15.7 Å². The van der Waals surface area contributed by atoms with Crippen molar-refractivity contribution in [3.05, 3.63) is 29.8 Å². The van der Waals surface area contributed by atoms with Crippen molar-refractivity contribution in [1.29, 1.82) is 0 Å². The van der Waals surface area contributed by atoms with Crippen LogP contribution in [0.2, 0.25) is 0 Å². The summed E-state index contributed by atoms with van der Waals surface area (Å²) in [5.74, 6) is 0.100. The molecular weight excluding hydrogens is 228 g/mol. The van der Waals surface area contributed by atoms with Gasteiger partial charge in [0, 0.05) is 24.7 Å². The molecule has 0 unspecified atom stereocenters. The Bertz CT molecular complexity index is 414.